The predicted octanol–water partition coefficient (Wildman–Crippen LogP) is 5.76. The average molecular weight is 427 g/mol. The van der Waals surface area contributed by atoms with Gasteiger partial charge in [-0.3, -0.25) is 4.21 Å². The summed E-state index contributed by atoms with van der Waals surface area (Å²) in [5.74, 6) is 0.671. The van der Waals surface area contributed by atoms with Crippen LogP contribution in [-0.2, 0) is 35.4 Å². The molecule has 0 bridgehead atoms. The van der Waals surface area contributed by atoms with E-state index in [0.717, 1.165) is 36.2 Å². The number of rotatable bonds is 10. The van der Waals surface area contributed by atoms with Crippen molar-refractivity contribution >= 4 is 28.6 Å². The van der Waals surface area contributed by atoms with E-state index in [1.807, 2.05) is 30.3 Å². The van der Waals surface area contributed by atoms with Gasteiger partial charge in [-0.1, -0.05) is 90.7 Å². The molecule has 0 N–H and O–H groups in total. The zero-order valence-electron chi connectivity index (χ0n) is 16.1. The first-order valence-electron chi connectivity index (χ1n) is 9.73. The second kappa shape index (κ2) is 10.9. The van der Waals surface area contributed by atoms with Crippen LogP contribution in [0.15, 0.2) is 95.9 Å². The molecule has 1 atom stereocenters. The second-order valence-corrected chi connectivity index (χ2v) is 14.4. The fourth-order valence-electron chi connectivity index (χ4n) is 3.23. The van der Waals surface area contributed by atoms with Gasteiger partial charge in [0.2, 0.25) is 0 Å². The Labute approximate surface area is 176 Å². The zero-order chi connectivity index (χ0) is 19.7. The Morgan fingerprint density at radius 3 is 1.54 bits per heavy atom. The molecule has 0 aliphatic carbocycles. The summed E-state index contributed by atoms with van der Waals surface area (Å²) in [6.07, 6.45) is 5.04. The van der Waals surface area contributed by atoms with Gasteiger partial charge in [0.15, 0.2) is 0 Å². The lowest BCUT2D eigenvalue weighted by Gasteiger charge is -2.22. The molecular formula is C24H27OPS2. The molecule has 0 radical (unpaired) electrons. The molecule has 146 valence electrons. The van der Waals surface area contributed by atoms with Gasteiger partial charge in [-0.2, -0.15) is 0 Å². The summed E-state index contributed by atoms with van der Waals surface area (Å²) in [4.78, 5) is 0.912. The molecule has 0 heterocycles. The normalized spacial score (nSPS) is 12.6. The van der Waals surface area contributed by atoms with Crippen molar-refractivity contribution in [3.63, 3.8) is 0 Å². The van der Waals surface area contributed by atoms with E-state index in [1.54, 1.807) is 0 Å². The van der Waals surface area contributed by atoms with E-state index >= 15 is 0 Å². The van der Waals surface area contributed by atoms with Gasteiger partial charge in [-0.05, 0) is 60.6 Å². The fraction of sp³-hybridized carbons (Fsp3) is 0.250. The summed E-state index contributed by atoms with van der Waals surface area (Å²) in [7, 11) is -0.965. The summed E-state index contributed by atoms with van der Waals surface area (Å²) >= 11 is 6.25. The summed E-state index contributed by atoms with van der Waals surface area (Å²) in [6, 6.07) is 29.4. The van der Waals surface area contributed by atoms with E-state index in [0.29, 0.717) is 5.75 Å². The van der Waals surface area contributed by atoms with Crippen molar-refractivity contribution in [2.24, 2.45) is 0 Å². The highest BCUT2D eigenvalue weighted by molar-refractivity contribution is 8.14. The number of aryl methyl sites for hydroxylation is 2. The minimum atomic E-state index is -1.58. The average Bonchev–Trinajstić information content (AvgIpc) is 2.77. The molecule has 3 aromatic rings. The standard InChI is InChI=1S/C24H27OPS2/c25-28(24-14-8-3-9-15-24)21-20-26(27,18-16-22-10-4-1-5-11-22)19-17-23-12-6-2-7-13-23/h1-15H,16-21H2. The van der Waals surface area contributed by atoms with Crippen molar-refractivity contribution in [2.45, 2.75) is 17.7 Å². The molecule has 0 amide bonds. The first-order valence-corrected chi connectivity index (χ1v) is 14.4. The van der Waals surface area contributed by atoms with Gasteiger partial charge in [-0.15, -0.1) is 0 Å². The molecule has 0 aliphatic rings. The lowest BCUT2D eigenvalue weighted by atomic mass is 10.2. The van der Waals surface area contributed by atoms with E-state index in [9.17, 15) is 4.21 Å². The maximum absolute atomic E-state index is 12.7. The highest BCUT2D eigenvalue weighted by Crippen LogP contribution is 2.47. The molecule has 0 aliphatic heterocycles. The summed E-state index contributed by atoms with van der Waals surface area (Å²) < 4.78 is 12.7. The van der Waals surface area contributed by atoms with Crippen LogP contribution in [0, 0.1) is 0 Å². The van der Waals surface area contributed by atoms with Crippen LogP contribution >= 0.6 is 6.04 Å². The Kier molecular flexibility index (Phi) is 8.21. The molecule has 28 heavy (non-hydrogen) atoms. The van der Waals surface area contributed by atoms with Crippen LogP contribution in [0.5, 0.6) is 0 Å². The molecule has 1 unspecified atom stereocenters. The van der Waals surface area contributed by atoms with Gasteiger partial charge in [0.1, 0.15) is 0 Å². The van der Waals surface area contributed by atoms with Gasteiger partial charge in [-0.25, -0.2) is 0 Å². The van der Waals surface area contributed by atoms with E-state index < -0.39 is 16.8 Å². The van der Waals surface area contributed by atoms with Crippen molar-refractivity contribution in [3.05, 3.63) is 102 Å². The lowest BCUT2D eigenvalue weighted by molar-refractivity contribution is 0.684. The van der Waals surface area contributed by atoms with E-state index in [1.165, 1.54) is 11.1 Å². The van der Waals surface area contributed by atoms with Crippen molar-refractivity contribution < 1.29 is 4.21 Å². The summed E-state index contributed by atoms with van der Waals surface area (Å²) in [6.45, 7) is 0. The predicted molar refractivity (Wildman–Crippen MR) is 127 cm³/mol. The maximum Gasteiger partial charge on any atom is 0.0533 e. The van der Waals surface area contributed by atoms with Gasteiger partial charge in [0.25, 0.3) is 0 Å². The topological polar surface area (TPSA) is 17.1 Å². The fourth-order valence-corrected chi connectivity index (χ4v) is 9.14. The molecule has 0 aromatic heterocycles. The Morgan fingerprint density at radius 2 is 1.07 bits per heavy atom. The van der Waals surface area contributed by atoms with Crippen LogP contribution in [0.3, 0.4) is 0 Å². The van der Waals surface area contributed by atoms with Crippen molar-refractivity contribution in [1.82, 2.24) is 0 Å². The third kappa shape index (κ3) is 6.81. The molecule has 0 saturated heterocycles. The van der Waals surface area contributed by atoms with Crippen molar-refractivity contribution in [1.29, 1.82) is 0 Å². The molecule has 0 fully saturated rings. The first-order chi connectivity index (χ1) is 13.6. The SMILES string of the molecule is O=S(CCP(=S)(CCc1ccccc1)CCc1ccccc1)c1ccccc1. The van der Waals surface area contributed by atoms with Crippen LogP contribution in [-0.4, -0.2) is 28.4 Å². The van der Waals surface area contributed by atoms with Crippen LogP contribution in [0.25, 0.3) is 0 Å². The van der Waals surface area contributed by atoms with E-state index in [2.05, 4.69) is 60.7 Å². The van der Waals surface area contributed by atoms with Crippen molar-refractivity contribution in [3.8, 4) is 0 Å². The van der Waals surface area contributed by atoms with Crippen LogP contribution < -0.4 is 0 Å². The number of hydrogen-bond acceptors (Lipinski definition) is 2. The third-order valence-electron chi connectivity index (χ3n) is 4.99. The quantitative estimate of drug-likeness (QED) is 0.384. The summed E-state index contributed by atoms with van der Waals surface area (Å²) in [5.41, 5.74) is 2.70. The highest BCUT2D eigenvalue weighted by atomic mass is 32.4. The smallest absolute Gasteiger partial charge is 0.0533 e. The molecule has 3 aromatic carbocycles. The van der Waals surface area contributed by atoms with Crippen LogP contribution in [0.1, 0.15) is 11.1 Å². The largest absolute Gasteiger partial charge is 0.254 e. The van der Waals surface area contributed by atoms with Crippen LogP contribution in [0.4, 0.5) is 0 Å². The minimum absolute atomic E-state index is 0.671. The zero-order valence-corrected chi connectivity index (χ0v) is 18.6. The Balaban J connectivity index is 1.65. The molecule has 0 spiro atoms. The van der Waals surface area contributed by atoms with E-state index in [4.69, 9.17) is 11.8 Å². The minimum Gasteiger partial charge on any atom is -0.254 e. The first kappa shape index (κ1) is 21.2. The number of hydrogen-bond donors (Lipinski definition) is 0. The molecule has 4 heteroatoms. The van der Waals surface area contributed by atoms with Gasteiger partial charge in [0, 0.05) is 10.6 Å². The molecule has 1 nitrogen and oxygen atoms in total. The van der Waals surface area contributed by atoms with Gasteiger partial charge >= 0.3 is 0 Å². The monoisotopic (exact) mass is 426 g/mol. The lowest BCUT2D eigenvalue weighted by Crippen LogP contribution is -2.10. The van der Waals surface area contributed by atoms with Gasteiger partial charge < -0.3 is 0 Å². The Morgan fingerprint density at radius 1 is 0.643 bits per heavy atom. The number of benzene rings is 3. The Hall–Kier alpha value is -1.54. The maximum atomic E-state index is 12.7. The van der Waals surface area contributed by atoms with Crippen LogP contribution in [0.2, 0.25) is 0 Å². The molecular weight excluding hydrogens is 399 g/mol. The van der Waals surface area contributed by atoms with Gasteiger partial charge in [0.05, 0.1) is 10.8 Å². The summed E-state index contributed by atoms with van der Waals surface area (Å²) in [5, 5.41) is 0. The van der Waals surface area contributed by atoms with Crippen molar-refractivity contribution in [2.75, 3.05) is 24.2 Å². The van der Waals surface area contributed by atoms with E-state index in [-0.39, 0.29) is 0 Å². The Bertz CT molecular complexity index is 864. The third-order valence-corrected chi connectivity index (χ3v) is 11.4. The highest BCUT2D eigenvalue weighted by Gasteiger charge is 2.19. The molecule has 3 rings (SSSR count). The molecule has 0 saturated carbocycles. The second-order valence-electron chi connectivity index (χ2n) is 7.06.